The number of hydrogen-bond donors (Lipinski definition) is 2. The highest BCUT2D eigenvalue weighted by atomic mass is 16.2. The molecule has 3 rings (SSSR count). The molecule has 0 radical (unpaired) electrons. The molecule has 0 bridgehead atoms. The van der Waals surface area contributed by atoms with Gasteiger partial charge in [-0.05, 0) is 51.3 Å². The van der Waals surface area contributed by atoms with Crippen LogP contribution in [0.3, 0.4) is 0 Å². The van der Waals surface area contributed by atoms with Gasteiger partial charge < -0.3 is 11.1 Å². The Hall–Kier alpha value is -3.72. The number of nitrogen functional groups attached to an aromatic ring is 1. The lowest BCUT2D eigenvalue weighted by atomic mass is 10.1. The first-order valence-electron chi connectivity index (χ1n) is 12.3. The van der Waals surface area contributed by atoms with Gasteiger partial charge in [-0.25, -0.2) is 4.79 Å². The molecule has 9 nitrogen and oxygen atoms in total. The van der Waals surface area contributed by atoms with Crippen molar-refractivity contribution in [2.24, 2.45) is 0 Å². The Morgan fingerprint density at radius 3 is 2.47 bits per heavy atom. The second kappa shape index (κ2) is 12.3. The summed E-state index contributed by atoms with van der Waals surface area (Å²) in [7, 11) is 0. The van der Waals surface area contributed by atoms with Crippen molar-refractivity contribution in [2.45, 2.75) is 59.3 Å². The van der Waals surface area contributed by atoms with Gasteiger partial charge >= 0.3 is 5.69 Å². The van der Waals surface area contributed by atoms with Crippen LogP contribution >= 0.6 is 0 Å². The second-order valence-electron chi connectivity index (χ2n) is 8.80. The number of amides is 1. The Kier molecular flexibility index (Phi) is 9.19. The molecule has 2 aromatic rings. The van der Waals surface area contributed by atoms with Gasteiger partial charge in [0.1, 0.15) is 11.4 Å². The van der Waals surface area contributed by atoms with Crippen LogP contribution in [0, 0.1) is 0 Å². The average molecular weight is 494 g/mol. The Labute approximate surface area is 210 Å². The fraction of sp³-hybridized carbons (Fsp3) is 0.407. The highest BCUT2D eigenvalue weighted by Crippen LogP contribution is 2.19. The lowest BCUT2D eigenvalue weighted by molar-refractivity contribution is -0.125. The van der Waals surface area contributed by atoms with Crippen LogP contribution in [0.15, 0.2) is 63.7 Å². The number of hydrogen-bond acceptors (Lipinski definition) is 6. The Balaban J connectivity index is 1.85. The molecule has 1 aliphatic heterocycles. The second-order valence-corrected chi connectivity index (χ2v) is 8.80. The van der Waals surface area contributed by atoms with Gasteiger partial charge in [0, 0.05) is 13.1 Å². The molecule has 1 aromatic carbocycles. The molecule has 1 unspecified atom stereocenters. The Bertz CT molecular complexity index is 1270. The number of rotatable bonds is 10. The Morgan fingerprint density at radius 2 is 1.83 bits per heavy atom. The van der Waals surface area contributed by atoms with Gasteiger partial charge in [-0.1, -0.05) is 48.6 Å². The van der Waals surface area contributed by atoms with Crippen LogP contribution in [0.1, 0.15) is 49.5 Å². The maximum Gasteiger partial charge on any atom is 0.332 e. The molecule has 1 amide bonds. The summed E-state index contributed by atoms with van der Waals surface area (Å²) >= 11 is 0. The van der Waals surface area contributed by atoms with Gasteiger partial charge in [-0.3, -0.25) is 28.4 Å². The summed E-state index contributed by atoms with van der Waals surface area (Å²) < 4.78 is 2.29. The van der Waals surface area contributed by atoms with Gasteiger partial charge in [0.15, 0.2) is 5.78 Å². The van der Waals surface area contributed by atoms with Crippen molar-refractivity contribution in [3.63, 3.8) is 0 Å². The molecule has 36 heavy (non-hydrogen) atoms. The van der Waals surface area contributed by atoms with E-state index in [1.54, 1.807) is 11.8 Å². The molecule has 1 aromatic heterocycles. The standard InChI is InChI=1S/C27H35N5O4/c1-4-11-19(5-2)17-32-24(28)23(26(35)31(6-3)27(32)36)22(33)18-30-15-10-14-21(30)25(34)29-16-20-12-8-7-9-13-20/h4-5,7-9,11-13,21H,6,10,14-18,28H2,1-3H3,(H,29,34)/b11-4-,19-5+. The minimum atomic E-state index is -0.696. The predicted octanol–water partition coefficient (Wildman–Crippen LogP) is 2.10. The number of anilines is 1. The molecule has 3 N–H and O–H groups in total. The molecule has 9 heteroatoms. The van der Waals surface area contributed by atoms with Crippen LogP contribution in [0.5, 0.6) is 0 Å². The van der Waals surface area contributed by atoms with Crippen molar-refractivity contribution >= 4 is 17.5 Å². The third-order valence-electron chi connectivity index (χ3n) is 6.48. The lowest BCUT2D eigenvalue weighted by Gasteiger charge is -2.23. The van der Waals surface area contributed by atoms with Crippen LogP contribution in [0.2, 0.25) is 0 Å². The lowest BCUT2D eigenvalue weighted by Crippen LogP contribution is -2.47. The zero-order valence-corrected chi connectivity index (χ0v) is 21.2. The van der Waals surface area contributed by atoms with Crippen molar-refractivity contribution in [1.29, 1.82) is 0 Å². The fourth-order valence-corrected chi connectivity index (χ4v) is 4.52. The summed E-state index contributed by atoms with van der Waals surface area (Å²) in [5, 5.41) is 2.94. The summed E-state index contributed by atoms with van der Waals surface area (Å²) in [5.74, 6) is -0.797. The molecule has 0 saturated carbocycles. The van der Waals surface area contributed by atoms with Crippen LogP contribution < -0.4 is 22.3 Å². The number of carbonyl (C=O) groups excluding carboxylic acids is 2. The fourth-order valence-electron chi connectivity index (χ4n) is 4.52. The number of Topliss-reactive ketones (excluding diaryl/α,β-unsaturated/α-hetero) is 1. The number of ketones is 1. The molecular formula is C27H35N5O4. The van der Waals surface area contributed by atoms with E-state index in [9.17, 15) is 19.2 Å². The first-order valence-corrected chi connectivity index (χ1v) is 12.3. The van der Waals surface area contributed by atoms with Gasteiger partial charge in [0.2, 0.25) is 5.91 Å². The summed E-state index contributed by atoms with van der Waals surface area (Å²) in [6, 6.07) is 9.13. The highest BCUT2D eigenvalue weighted by Gasteiger charge is 2.33. The maximum atomic E-state index is 13.4. The van der Waals surface area contributed by atoms with E-state index in [4.69, 9.17) is 5.73 Å². The van der Waals surface area contributed by atoms with E-state index < -0.39 is 23.1 Å². The number of carbonyl (C=O) groups is 2. The Morgan fingerprint density at radius 1 is 1.11 bits per heavy atom. The summed E-state index contributed by atoms with van der Waals surface area (Å²) in [6.45, 7) is 6.46. The van der Waals surface area contributed by atoms with Crippen molar-refractivity contribution in [3.8, 4) is 0 Å². The van der Waals surface area contributed by atoms with Crippen LogP contribution in [0.4, 0.5) is 5.82 Å². The predicted molar refractivity (Wildman–Crippen MR) is 141 cm³/mol. The van der Waals surface area contributed by atoms with E-state index in [-0.39, 0.29) is 36.9 Å². The number of allylic oxidation sites excluding steroid dienone is 4. The molecule has 0 aliphatic carbocycles. The summed E-state index contributed by atoms with van der Waals surface area (Å²) in [5.41, 5.74) is 6.62. The third-order valence-corrected chi connectivity index (χ3v) is 6.48. The van der Waals surface area contributed by atoms with E-state index >= 15 is 0 Å². The zero-order valence-electron chi connectivity index (χ0n) is 21.2. The first kappa shape index (κ1) is 26.9. The van der Waals surface area contributed by atoms with Crippen LogP contribution in [-0.4, -0.2) is 44.9 Å². The smallest absolute Gasteiger partial charge is 0.332 e. The first-order chi connectivity index (χ1) is 17.3. The van der Waals surface area contributed by atoms with Crippen molar-refractivity contribution in [3.05, 3.63) is 86.1 Å². The summed E-state index contributed by atoms with van der Waals surface area (Å²) in [4.78, 5) is 54.1. The SMILES string of the molecule is C/C=C\C(=C/C)Cn1c(N)c(C(=O)CN2CCCC2C(=O)NCc2ccccc2)c(=O)n(CC)c1=O. The van der Waals surface area contributed by atoms with Gasteiger partial charge in [0.05, 0.1) is 19.1 Å². The van der Waals surface area contributed by atoms with E-state index in [0.29, 0.717) is 19.5 Å². The van der Waals surface area contributed by atoms with Crippen LogP contribution in [0.25, 0.3) is 0 Å². The largest absolute Gasteiger partial charge is 0.384 e. The van der Waals surface area contributed by atoms with E-state index in [0.717, 1.165) is 22.1 Å². The normalized spacial score (nSPS) is 16.5. The van der Waals surface area contributed by atoms with E-state index in [1.165, 1.54) is 4.57 Å². The zero-order chi connectivity index (χ0) is 26.2. The average Bonchev–Trinajstić information content (AvgIpc) is 3.33. The van der Waals surface area contributed by atoms with E-state index in [2.05, 4.69) is 5.32 Å². The molecule has 0 spiro atoms. The third kappa shape index (κ3) is 5.91. The molecular weight excluding hydrogens is 458 g/mol. The van der Waals surface area contributed by atoms with Crippen molar-refractivity contribution < 1.29 is 9.59 Å². The van der Waals surface area contributed by atoms with Crippen molar-refractivity contribution in [1.82, 2.24) is 19.4 Å². The van der Waals surface area contributed by atoms with Crippen LogP contribution in [-0.2, 0) is 24.4 Å². The number of nitrogens with zero attached hydrogens (tertiary/aromatic N) is 3. The monoisotopic (exact) mass is 493 g/mol. The van der Waals surface area contributed by atoms with E-state index in [1.807, 2.05) is 62.4 Å². The number of nitrogens with two attached hydrogens (primary N) is 1. The molecule has 192 valence electrons. The number of likely N-dealkylation sites (tertiary alicyclic amines) is 1. The van der Waals surface area contributed by atoms with Gasteiger partial charge in [-0.15, -0.1) is 0 Å². The molecule has 2 heterocycles. The minimum absolute atomic E-state index is 0.112. The topological polar surface area (TPSA) is 119 Å². The summed E-state index contributed by atoms with van der Waals surface area (Å²) in [6.07, 6.45) is 6.92. The molecule has 1 atom stereocenters. The highest BCUT2D eigenvalue weighted by molar-refractivity contribution is 6.01. The number of benzene rings is 1. The van der Waals surface area contributed by atoms with Gasteiger partial charge in [-0.2, -0.15) is 0 Å². The van der Waals surface area contributed by atoms with Crippen molar-refractivity contribution in [2.75, 3.05) is 18.8 Å². The van der Waals surface area contributed by atoms with Gasteiger partial charge in [0.25, 0.3) is 5.56 Å². The number of aromatic nitrogens is 2. The molecule has 1 saturated heterocycles. The molecule has 1 aliphatic rings. The minimum Gasteiger partial charge on any atom is -0.384 e. The maximum absolute atomic E-state index is 13.4. The number of nitrogens with one attached hydrogen (secondary N) is 1. The quantitative estimate of drug-likeness (QED) is 0.386. The molecule has 1 fully saturated rings.